The molecule has 0 aliphatic carbocycles. The van der Waals surface area contributed by atoms with Gasteiger partial charge in [-0.15, -0.1) is 0 Å². The number of halogens is 1. The maximum atomic E-state index is 16.5. The zero-order chi connectivity index (χ0) is 29.4. The summed E-state index contributed by atoms with van der Waals surface area (Å²) in [6, 6.07) is 39.6. The van der Waals surface area contributed by atoms with E-state index in [-0.39, 0.29) is 0 Å². The van der Waals surface area contributed by atoms with E-state index in [1.54, 1.807) is 6.20 Å². The van der Waals surface area contributed by atoms with Crippen LogP contribution in [0.25, 0.3) is 72.0 Å². The van der Waals surface area contributed by atoms with Gasteiger partial charge in [0.2, 0.25) is 0 Å². The number of rotatable bonds is 4. The largest absolute Gasteiger partial charge is 0.456 e. The Morgan fingerprint density at radius 3 is 2.39 bits per heavy atom. The van der Waals surface area contributed by atoms with Crippen LogP contribution in [0.3, 0.4) is 0 Å². The quantitative estimate of drug-likeness (QED) is 0.211. The third-order valence-corrected chi connectivity index (χ3v) is 8.69. The molecule has 1 atom stereocenters. The van der Waals surface area contributed by atoms with Gasteiger partial charge < -0.3 is 8.98 Å². The summed E-state index contributed by atoms with van der Waals surface area (Å²) in [5, 5.41) is 4.15. The molecule has 0 radical (unpaired) electrons. The Balaban J connectivity index is 1.25. The lowest BCUT2D eigenvalue weighted by molar-refractivity contribution is 0.402. The first kappa shape index (κ1) is 24.8. The fraction of sp³-hybridized carbons (Fsp3) is 0.0526. The van der Waals surface area contributed by atoms with Crippen LogP contribution in [0.1, 0.15) is 17.3 Å². The maximum absolute atomic E-state index is 16.5. The predicted molar refractivity (Wildman–Crippen MR) is 175 cm³/mol. The number of para-hydroxylation sites is 3. The van der Waals surface area contributed by atoms with E-state index in [2.05, 4.69) is 21.3 Å². The van der Waals surface area contributed by atoms with Gasteiger partial charge in [-0.25, -0.2) is 14.4 Å². The SMILES string of the molecule is Cn1c(-c2cccc(C(F)c3ccc4c5ccc6oc7ccccc7c6c5n(-c5ccccn5)c4c3)c2)nc2ccccc21. The van der Waals surface area contributed by atoms with Crippen molar-refractivity contribution in [1.82, 2.24) is 19.1 Å². The molecule has 1 unspecified atom stereocenters. The van der Waals surface area contributed by atoms with E-state index < -0.39 is 6.17 Å². The predicted octanol–water partition coefficient (Wildman–Crippen LogP) is 9.69. The number of benzene rings is 5. The van der Waals surface area contributed by atoms with Crippen LogP contribution in [0, 0.1) is 0 Å². The monoisotopic (exact) mass is 572 g/mol. The fourth-order valence-electron chi connectivity index (χ4n) is 6.64. The van der Waals surface area contributed by atoms with Gasteiger partial charge in [0.25, 0.3) is 0 Å². The third-order valence-electron chi connectivity index (χ3n) is 8.69. The molecule has 0 amide bonds. The molecule has 0 bridgehead atoms. The highest BCUT2D eigenvalue weighted by molar-refractivity contribution is 6.24. The van der Waals surface area contributed by atoms with Gasteiger partial charge in [0.15, 0.2) is 6.17 Å². The van der Waals surface area contributed by atoms with E-state index in [0.717, 1.165) is 72.0 Å². The second-order valence-corrected chi connectivity index (χ2v) is 11.2. The van der Waals surface area contributed by atoms with Crippen molar-refractivity contribution in [2.75, 3.05) is 0 Å². The number of hydrogen-bond donors (Lipinski definition) is 0. The second-order valence-electron chi connectivity index (χ2n) is 11.2. The Morgan fingerprint density at radius 1 is 0.682 bits per heavy atom. The maximum Gasteiger partial charge on any atom is 0.150 e. The van der Waals surface area contributed by atoms with Gasteiger partial charge >= 0.3 is 0 Å². The van der Waals surface area contributed by atoms with Gasteiger partial charge in [-0.2, -0.15) is 0 Å². The summed E-state index contributed by atoms with van der Waals surface area (Å²) < 4.78 is 27.0. The average Bonchev–Trinajstić information content (AvgIpc) is 3.73. The Labute approximate surface area is 251 Å². The van der Waals surface area contributed by atoms with Crippen LogP contribution in [-0.4, -0.2) is 19.1 Å². The van der Waals surface area contributed by atoms with E-state index >= 15 is 4.39 Å². The highest BCUT2D eigenvalue weighted by Gasteiger charge is 2.22. The van der Waals surface area contributed by atoms with Gasteiger partial charge in [0.1, 0.15) is 22.8 Å². The first-order valence-electron chi connectivity index (χ1n) is 14.6. The van der Waals surface area contributed by atoms with Crippen LogP contribution in [-0.2, 0) is 7.05 Å². The van der Waals surface area contributed by atoms with Crippen molar-refractivity contribution in [3.63, 3.8) is 0 Å². The molecule has 9 rings (SSSR count). The van der Waals surface area contributed by atoms with Crippen LogP contribution in [0.5, 0.6) is 0 Å². The van der Waals surface area contributed by atoms with Gasteiger partial charge in [0.05, 0.1) is 27.5 Å². The Hall–Kier alpha value is -5.75. The van der Waals surface area contributed by atoms with Crippen LogP contribution >= 0.6 is 0 Å². The molecule has 5 nitrogen and oxygen atoms in total. The van der Waals surface area contributed by atoms with E-state index in [0.29, 0.717) is 11.1 Å². The van der Waals surface area contributed by atoms with Gasteiger partial charge in [0, 0.05) is 35.0 Å². The number of hydrogen-bond acceptors (Lipinski definition) is 3. The fourth-order valence-corrected chi connectivity index (χ4v) is 6.64. The summed E-state index contributed by atoms with van der Waals surface area (Å²) in [4.78, 5) is 9.56. The number of aromatic nitrogens is 4. The topological polar surface area (TPSA) is 48.8 Å². The van der Waals surface area contributed by atoms with Crippen molar-refractivity contribution in [3.05, 3.63) is 139 Å². The molecule has 0 fully saturated rings. The number of alkyl halides is 1. The molecule has 44 heavy (non-hydrogen) atoms. The molecule has 4 aromatic heterocycles. The zero-order valence-corrected chi connectivity index (χ0v) is 23.8. The smallest absolute Gasteiger partial charge is 0.150 e. The summed E-state index contributed by atoms with van der Waals surface area (Å²) in [7, 11) is 1.99. The first-order chi connectivity index (χ1) is 21.7. The van der Waals surface area contributed by atoms with E-state index in [1.807, 2.05) is 116 Å². The molecule has 0 saturated heterocycles. The lowest BCUT2D eigenvalue weighted by atomic mass is 9.99. The molecule has 6 heteroatoms. The molecule has 0 saturated carbocycles. The van der Waals surface area contributed by atoms with Crippen molar-refractivity contribution in [2.24, 2.45) is 7.05 Å². The van der Waals surface area contributed by atoms with Crippen molar-refractivity contribution < 1.29 is 8.81 Å². The number of imidazole rings is 1. The molecular formula is C38H25FN4O. The van der Waals surface area contributed by atoms with Crippen molar-refractivity contribution in [1.29, 1.82) is 0 Å². The molecule has 0 aliphatic rings. The number of furan rings is 1. The van der Waals surface area contributed by atoms with E-state index in [1.165, 1.54) is 0 Å². The minimum atomic E-state index is -1.33. The Morgan fingerprint density at radius 2 is 1.50 bits per heavy atom. The minimum Gasteiger partial charge on any atom is -0.456 e. The molecular weight excluding hydrogens is 547 g/mol. The van der Waals surface area contributed by atoms with Gasteiger partial charge in [-0.1, -0.05) is 66.7 Å². The molecule has 4 heterocycles. The van der Waals surface area contributed by atoms with Crippen LogP contribution in [0.2, 0.25) is 0 Å². The number of nitrogens with zero attached hydrogens (tertiary/aromatic N) is 4. The van der Waals surface area contributed by atoms with Gasteiger partial charge in [-0.3, -0.25) is 4.57 Å². The highest BCUT2D eigenvalue weighted by Crippen LogP contribution is 2.42. The first-order valence-corrected chi connectivity index (χ1v) is 14.6. The second kappa shape index (κ2) is 9.38. The number of fused-ring (bicyclic) bond motifs is 8. The molecule has 0 N–H and O–H groups in total. The molecule has 5 aromatic carbocycles. The van der Waals surface area contributed by atoms with Gasteiger partial charge in [-0.05, 0) is 65.7 Å². The average molecular weight is 573 g/mol. The zero-order valence-electron chi connectivity index (χ0n) is 23.8. The number of pyridine rings is 1. The summed E-state index contributed by atoms with van der Waals surface area (Å²) in [5.41, 5.74) is 7.52. The summed E-state index contributed by atoms with van der Waals surface area (Å²) >= 11 is 0. The minimum absolute atomic E-state index is 0.577. The summed E-state index contributed by atoms with van der Waals surface area (Å²) in [6.07, 6.45) is 0.452. The third kappa shape index (κ3) is 3.57. The van der Waals surface area contributed by atoms with Crippen LogP contribution < -0.4 is 0 Å². The standard InChI is InChI=1S/C38H25FN4O/c1-42-30-13-4-3-12-29(30)41-38(42)25-10-8-9-23(21-25)36(39)24-16-17-26-27-18-19-33-35(28-11-2-5-14-32(28)44-33)37(27)43(31(26)22-24)34-15-6-7-20-40-34/h2-22,36H,1H3. The summed E-state index contributed by atoms with van der Waals surface area (Å²) in [6.45, 7) is 0. The molecule has 210 valence electrons. The molecule has 9 aromatic rings. The molecule has 0 aliphatic heterocycles. The lowest BCUT2D eigenvalue weighted by Crippen LogP contribution is -1.99. The highest BCUT2D eigenvalue weighted by atomic mass is 19.1. The normalized spacial score (nSPS) is 12.7. The number of aryl methyl sites for hydroxylation is 1. The van der Waals surface area contributed by atoms with E-state index in [4.69, 9.17) is 14.4 Å². The van der Waals surface area contributed by atoms with E-state index in [9.17, 15) is 0 Å². The molecule has 0 spiro atoms. The van der Waals surface area contributed by atoms with Crippen molar-refractivity contribution in [3.8, 4) is 17.2 Å². The van der Waals surface area contributed by atoms with Crippen LogP contribution in [0.4, 0.5) is 4.39 Å². The van der Waals surface area contributed by atoms with Crippen molar-refractivity contribution in [2.45, 2.75) is 6.17 Å². The lowest BCUT2D eigenvalue weighted by Gasteiger charge is -2.13. The Kier molecular flexibility index (Phi) is 5.29. The van der Waals surface area contributed by atoms with Crippen LogP contribution in [0.15, 0.2) is 132 Å². The summed E-state index contributed by atoms with van der Waals surface area (Å²) in [5.74, 6) is 1.57. The Bertz CT molecular complexity index is 2540. The van der Waals surface area contributed by atoms with Crippen molar-refractivity contribution >= 4 is 54.8 Å².